The van der Waals surface area contributed by atoms with Gasteiger partial charge in [-0.25, -0.2) is 0 Å². The Kier molecular flexibility index (Phi) is 4.98. The number of hydrogen-bond donors (Lipinski definition) is 2. The van der Waals surface area contributed by atoms with Gasteiger partial charge < -0.3 is 15.5 Å². The number of H-pyrrole nitrogens is 1. The van der Waals surface area contributed by atoms with E-state index < -0.39 is 5.54 Å². The highest BCUT2D eigenvalue weighted by atomic mass is 35.5. The number of para-hydroxylation sites is 1. The molecule has 2 unspecified atom stereocenters. The third-order valence-electron chi connectivity index (χ3n) is 5.35. The van der Waals surface area contributed by atoms with Gasteiger partial charge in [0, 0.05) is 27.1 Å². The van der Waals surface area contributed by atoms with Gasteiger partial charge in [0.1, 0.15) is 0 Å². The van der Waals surface area contributed by atoms with Crippen molar-refractivity contribution < 1.29 is 4.74 Å². The van der Waals surface area contributed by atoms with Crippen LogP contribution in [-0.2, 0) is 16.9 Å². The highest BCUT2D eigenvalue weighted by Gasteiger charge is 2.41. The molecule has 26 heavy (non-hydrogen) atoms. The van der Waals surface area contributed by atoms with Crippen molar-refractivity contribution in [2.75, 3.05) is 0 Å². The number of nitrogens with two attached hydrogens (primary N) is 1. The molecule has 4 rings (SSSR count). The molecule has 0 bridgehead atoms. The summed E-state index contributed by atoms with van der Waals surface area (Å²) in [6.45, 7) is 0.451. The SMILES string of the molecule is NC1(c2c[nH]c3ccccc23)CCCCC1OCc1cc(Cl)cc(Cl)c1. The number of halogens is 2. The Morgan fingerprint density at radius 2 is 1.88 bits per heavy atom. The van der Waals surface area contributed by atoms with E-state index in [-0.39, 0.29) is 6.10 Å². The Hall–Kier alpha value is -1.52. The van der Waals surface area contributed by atoms with Crippen molar-refractivity contribution >= 4 is 34.1 Å². The van der Waals surface area contributed by atoms with Crippen molar-refractivity contribution in [1.29, 1.82) is 0 Å². The lowest BCUT2D eigenvalue weighted by molar-refractivity contribution is -0.0368. The first-order valence-corrected chi connectivity index (χ1v) is 9.74. The van der Waals surface area contributed by atoms with E-state index in [1.807, 2.05) is 24.4 Å². The maximum atomic E-state index is 6.96. The molecule has 0 aliphatic heterocycles. The lowest BCUT2D eigenvalue weighted by atomic mass is 9.75. The second-order valence-corrected chi connectivity index (χ2v) is 7.98. The maximum Gasteiger partial charge on any atom is 0.0801 e. The fourth-order valence-corrected chi connectivity index (χ4v) is 4.62. The first-order valence-electron chi connectivity index (χ1n) is 8.98. The van der Waals surface area contributed by atoms with E-state index in [0.29, 0.717) is 16.7 Å². The third-order valence-corrected chi connectivity index (χ3v) is 5.78. The molecule has 1 fully saturated rings. The van der Waals surface area contributed by atoms with Crippen molar-refractivity contribution in [1.82, 2.24) is 4.98 Å². The molecule has 0 amide bonds. The number of hydrogen-bond acceptors (Lipinski definition) is 2. The first kappa shape index (κ1) is 17.9. The average Bonchev–Trinajstić information content (AvgIpc) is 3.05. The molecule has 136 valence electrons. The number of ether oxygens (including phenoxy) is 1. The van der Waals surface area contributed by atoms with Gasteiger partial charge in [0.05, 0.1) is 18.2 Å². The van der Waals surface area contributed by atoms with E-state index >= 15 is 0 Å². The van der Waals surface area contributed by atoms with Crippen LogP contribution in [0.15, 0.2) is 48.7 Å². The van der Waals surface area contributed by atoms with Crippen molar-refractivity contribution in [2.45, 2.75) is 43.9 Å². The lowest BCUT2D eigenvalue weighted by Gasteiger charge is -2.41. The summed E-state index contributed by atoms with van der Waals surface area (Å²) in [6.07, 6.45) is 6.09. The van der Waals surface area contributed by atoms with Crippen LogP contribution in [0.3, 0.4) is 0 Å². The number of nitrogens with one attached hydrogen (secondary N) is 1. The van der Waals surface area contributed by atoms with Crippen LogP contribution in [0, 0.1) is 0 Å². The number of rotatable bonds is 4. The van der Waals surface area contributed by atoms with Crippen LogP contribution in [0.2, 0.25) is 10.0 Å². The van der Waals surface area contributed by atoms with Crippen LogP contribution in [0.1, 0.15) is 36.8 Å². The zero-order valence-corrected chi connectivity index (χ0v) is 16.0. The van der Waals surface area contributed by atoms with Crippen LogP contribution < -0.4 is 5.73 Å². The highest BCUT2D eigenvalue weighted by Crippen LogP contribution is 2.40. The van der Waals surface area contributed by atoms with Crippen LogP contribution in [-0.4, -0.2) is 11.1 Å². The average molecular weight is 389 g/mol. The van der Waals surface area contributed by atoms with Gasteiger partial charge in [-0.05, 0) is 48.2 Å². The van der Waals surface area contributed by atoms with Gasteiger partial charge in [-0.15, -0.1) is 0 Å². The smallest absolute Gasteiger partial charge is 0.0801 e. The minimum Gasteiger partial charge on any atom is -0.371 e. The lowest BCUT2D eigenvalue weighted by Crippen LogP contribution is -2.51. The zero-order valence-electron chi connectivity index (χ0n) is 14.5. The van der Waals surface area contributed by atoms with Gasteiger partial charge in [-0.2, -0.15) is 0 Å². The second kappa shape index (κ2) is 7.24. The minimum absolute atomic E-state index is 0.0480. The van der Waals surface area contributed by atoms with Crippen molar-refractivity contribution in [3.8, 4) is 0 Å². The molecule has 1 aliphatic rings. The van der Waals surface area contributed by atoms with Crippen molar-refractivity contribution in [3.05, 3.63) is 69.8 Å². The van der Waals surface area contributed by atoms with Gasteiger partial charge in [-0.3, -0.25) is 0 Å². The predicted molar refractivity (Wildman–Crippen MR) is 108 cm³/mol. The zero-order chi connectivity index (χ0) is 18.1. The Morgan fingerprint density at radius 1 is 1.12 bits per heavy atom. The number of fused-ring (bicyclic) bond motifs is 1. The quantitative estimate of drug-likeness (QED) is 0.594. The Labute approximate surface area is 163 Å². The molecule has 1 aromatic heterocycles. The maximum absolute atomic E-state index is 6.96. The number of benzene rings is 2. The van der Waals surface area contributed by atoms with Crippen molar-refractivity contribution in [2.24, 2.45) is 5.73 Å². The van der Waals surface area contributed by atoms with Gasteiger partial charge in [0.25, 0.3) is 0 Å². The molecular formula is C21H22Cl2N2O. The van der Waals surface area contributed by atoms with Crippen LogP contribution in [0.5, 0.6) is 0 Å². The van der Waals surface area contributed by atoms with E-state index in [1.165, 1.54) is 5.39 Å². The minimum atomic E-state index is -0.500. The molecule has 0 spiro atoms. The third kappa shape index (κ3) is 3.37. The van der Waals surface area contributed by atoms with Gasteiger partial charge >= 0.3 is 0 Å². The molecule has 1 saturated carbocycles. The van der Waals surface area contributed by atoms with Gasteiger partial charge in [0.15, 0.2) is 0 Å². The topological polar surface area (TPSA) is 51.0 Å². The molecule has 1 aliphatic carbocycles. The summed E-state index contributed by atoms with van der Waals surface area (Å²) in [5, 5.41) is 2.42. The number of aromatic nitrogens is 1. The molecule has 0 radical (unpaired) electrons. The summed E-state index contributed by atoms with van der Waals surface area (Å²) in [7, 11) is 0. The van der Waals surface area contributed by atoms with E-state index in [1.54, 1.807) is 6.07 Å². The summed E-state index contributed by atoms with van der Waals surface area (Å²) in [4.78, 5) is 3.35. The van der Waals surface area contributed by atoms with E-state index in [0.717, 1.165) is 42.3 Å². The fourth-order valence-electron chi connectivity index (χ4n) is 4.05. The molecule has 3 nitrogen and oxygen atoms in total. The van der Waals surface area contributed by atoms with Gasteiger partial charge in [-0.1, -0.05) is 54.2 Å². The standard InChI is InChI=1S/C21H22Cl2N2O/c22-15-9-14(10-16(23)11-15)13-26-20-7-3-4-8-21(20,24)18-12-25-19-6-2-1-5-17(18)19/h1-2,5-6,9-12,20,25H,3-4,7-8,13,24H2. The molecule has 2 atom stereocenters. The monoisotopic (exact) mass is 388 g/mol. The molecular weight excluding hydrogens is 367 g/mol. The van der Waals surface area contributed by atoms with Crippen LogP contribution in [0.4, 0.5) is 0 Å². The van der Waals surface area contributed by atoms with Gasteiger partial charge in [0.2, 0.25) is 0 Å². The van der Waals surface area contributed by atoms with Crippen LogP contribution >= 0.6 is 23.2 Å². The Balaban J connectivity index is 1.61. The predicted octanol–water partition coefficient (Wildman–Crippen LogP) is 5.79. The largest absolute Gasteiger partial charge is 0.371 e. The molecule has 2 aromatic carbocycles. The molecule has 5 heteroatoms. The summed E-state index contributed by atoms with van der Waals surface area (Å²) >= 11 is 12.2. The normalized spacial score (nSPS) is 23.4. The second-order valence-electron chi connectivity index (χ2n) is 7.11. The first-order chi connectivity index (χ1) is 12.6. The molecule has 3 aromatic rings. The van der Waals surface area contributed by atoms with Crippen LogP contribution in [0.25, 0.3) is 10.9 Å². The van der Waals surface area contributed by atoms with E-state index in [9.17, 15) is 0 Å². The van der Waals surface area contributed by atoms with E-state index in [4.69, 9.17) is 33.7 Å². The number of aromatic amines is 1. The highest BCUT2D eigenvalue weighted by molar-refractivity contribution is 6.34. The summed E-state index contributed by atoms with van der Waals surface area (Å²) in [5.74, 6) is 0. The Bertz CT molecular complexity index is 903. The summed E-state index contributed by atoms with van der Waals surface area (Å²) in [6, 6.07) is 13.8. The van der Waals surface area contributed by atoms with E-state index in [2.05, 4.69) is 23.2 Å². The Morgan fingerprint density at radius 3 is 2.69 bits per heavy atom. The summed E-state index contributed by atoms with van der Waals surface area (Å²) < 4.78 is 6.31. The molecule has 0 saturated heterocycles. The summed E-state index contributed by atoms with van der Waals surface area (Å²) in [5.41, 5.74) is 9.68. The molecule has 3 N–H and O–H groups in total. The van der Waals surface area contributed by atoms with Crippen molar-refractivity contribution in [3.63, 3.8) is 0 Å². The molecule has 1 heterocycles. The fraction of sp³-hybridized carbons (Fsp3) is 0.333.